The maximum absolute atomic E-state index is 5.37. The average molecular weight is 345 g/mol. The topological polar surface area (TPSA) is 24.4 Å². The molecule has 0 aromatic heterocycles. The standard InChI is InChI=1S/C16H13BrN2S/c1-11-15(20)19-16(18-11,12-6-3-2-4-7-12)13-8-5-9-14(17)10-13/h2-10H,1H3,(H,19,20). The highest BCUT2D eigenvalue weighted by molar-refractivity contribution is 9.10. The molecule has 20 heavy (non-hydrogen) atoms. The first-order valence-electron chi connectivity index (χ1n) is 6.32. The number of hydrogen-bond donors (Lipinski definition) is 1. The molecule has 1 aliphatic heterocycles. The van der Waals surface area contributed by atoms with Gasteiger partial charge in [0.2, 0.25) is 0 Å². The molecular weight excluding hydrogens is 332 g/mol. The summed E-state index contributed by atoms with van der Waals surface area (Å²) in [5, 5.41) is 3.38. The van der Waals surface area contributed by atoms with Crippen LogP contribution in [0, 0.1) is 0 Å². The molecule has 1 heterocycles. The lowest BCUT2D eigenvalue weighted by molar-refractivity contribution is 0.524. The quantitative estimate of drug-likeness (QED) is 0.831. The van der Waals surface area contributed by atoms with Crippen molar-refractivity contribution in [3.8, 4) is 0 Å². The van der Waals surface area contributed by atoms with E-state index in [2.05, 4.69) is 45.5 Å². The minimum atomic E-state index is -0.619. The van der Waals surface area contributed by atoms with Crippen LogP contribution in [0.2, 0.25) is 0 Å². The summed E-state index contributed by atoms with van der Waals surface area (Å²) in [5.74, 6) is 0. The zero-order valence-corrected chi connectivity index (χ0v) is 13.3. The van der Waals surface area contributed by atoms with E-state index in [1.807, 2.05) is 37.3 Å². The summed E-state index contributed by atoms with van der Waals surface area (Å²) in [6, 6.07) is 18.3. The first-order valence-corrected chi connectivity index (χ1v) is 7.52. The van der Waals surface area contributed by atoms with Crippen LogP contribution in [0.4, 0.5) is 0 Å². The van der Waals surface area contributed by atoms with Gasteiger partial charge in [-0.2, -0.15) is 0 Å². The van der Waals surface area contributed by atoms with Crippen LogP contribution in [0.1, 0.15) is 18.1 Å². The van der Waals surface area contributed by atoms with E-state index >= 15 is 0 Å². The molecule has 3 rings (SSSR count). The largest absolute Gasteiger partial charge is 0.343 e. The SMILES string of the molecule is CC1=NC(c2ccccc2)(c2cccc(Br)c2)NC1=S. The lowest BCUT2D eigenvalue weighted by Gasteiger charge is -2.28. The molecule has 2 aromatic rings. The van der Waals surface area contributed by atoms with Crippen LogP contribution in [0.15, 0.2) is 64.1 Å². The molecule has 2 aromatic carbocycles. The second-order valence-corrected chi connectivity index (χ2v) is 6.06. The van der Waals surface area contributed by atoms with Gasteiger partial charge < -0.3 is 5.32 Å². The molecule has 0 fully saturated rings. The van der Waals surface area contributed by atoms with Gasteiger partial charge in [-0.3, -0.25) is 0 Å². The summed E-state index contributed by atoms with van der Waals surface area (Å²) in [4.78, 5) is 5.53. The van der Waals surface area contributed by atoms with Gasteiger partial charge in [0.1, 0.15) is 4.99 Å². The molecule has 1 atom stereocenters. The molecule has 0 spiro atoms. The molecule has 0 amide bonds. The van der Waals surface area contributed by atoms with E-state index in [-0.39, 0.29) is 0 Å². The number of thiocarbonyl (C=S) groups is 1. The molecule has 1 unspecified atom stereocenters. The lowest BCUT2D eigenvalue weighted by atomic mass is 9.92. The molecule has 2 nitrogen and oxygen atoms in total. The second-order valence-electron chi connectivity index (χ2n) is 4.74. The number of rotatable bonds is 2. The highest BCUT2D eigenvalue weighted by Gasteiger charge is 2.39. The number of aliphatic imine (C=N–C) groups is 1. The third-order valence-corrected chi connectivity index (χ3v) is 4.28. The Morgan fingerprint density at radius 1 is 1.05 bits per heavy atom. The van der Waals surface area contributed by atoms with Crippen LogP contribution in [-0.4, -0.2) is 10.7 Å². The van der Waals surface area contributed by atoms with Crippen LogP contribution >= 0.6 is 28.1 Å². The van der Waals surface area contributed by atoms with Gasteiger partial charge in [0.25, 0.3) is 0 Å². The van der Waals surface area contributed by atoms with Crippen molar-refractivity contribution in [2.75, 3.05) is 0 Å². The van der Waals surface area contributed by atoms with Gasteiger partial charge in [0, 0.05) is 15.6 Å². The lowest BCUT2D eigenvalue weighted by Crippen LogP contribution is -2.40. The van der Waals surface area contributed by atoms with Crippen LogP contribution < -0.4 is 5.32 Å². The van der Waals surface area contributed by atoms with E-state index < -0.39 is 5.66 Å². The molecule has 0 radical (unpaired) electrons. The highest BCUT2D eigenvalue weighted by Crippen LogP contribution is 2.35. The first-order chi connectivity index (χ1) is 9.62. The Balaban J connectivity index is 2.23. The van der Waals surface area contributed by atoms with Crippen LogP contribution in [0.3, 0.4) is 0 Å². The van der Waals surface area contributed by atoms with Gasteiger partial charge >= 0.3 is 0 Å². The Labute approximate surface area is 132 Å². The Hall–Kier alpha value is -1.52. The monoisotopic (exact) mass is 344 g/mol. The van der Waals surface area contributed by atoms with E-state index in [9.17, 15) is 0 Å². The molecule has 0 bridgehead atoms. The fourth-order valence-electron chi connectivity index (χ4n) is 2.42. The number of benzene rings is 2. The summed E-state index contributed by atoms with van der Waals surface area (Å²) >= 11 is 8.90. The van der Waals surface area contributed by atoms with Gasteiger partial charge in [-0.15, -0.1) is 0 Å². The number of nitrogens with zero attached hydrogens (tertiary/aromatic N) is 1. The van der Waals surface area contributed by atoms with Gasteiger partial charge in [-0.05, 0) is 19.1 Å². The van der Waals surface area contributed by atoms with E-state index in [0.29, 0.717) is 4.99 Å². The van der Waals surface area contributed by atoms with Crippen molar-refractivity contribution in [2.45, 2.75) is 12.6 Å². The first kappa shape index (κ1) is 13.5. The molecule has 1 aliphatic rings. The summed E-state index contributed by atoms with van der Waals surface area (Å²) in [6.07, 6.45) is 0. The van der Waals surface area contributed by atoms with E-state index in [4.69, 9.17) is 17.2 Å². The molecule has 0 aliphatic carbocycles. The second kappa shape index (κ2) is 5.11. The zero-order chi connectivity index (χ0) is 14.2. The van der Waals surface area contributed by atoms with E-state index in [1.165, 1.54) is 0 Å². The van der Waals surface area contributed by atoms with Gasteiger partial charge in [0.15, 0.2) is 5.66 Å². The third kappa shape index (κ3) is 2.19. The number of nitrogens with one attached hydrogen (secondary N) is 1. The zero-order valence-electron chi connectivity index (χ0n) is 10.9. The normalized spacial score (nSPS) is 21.5. The Morgan fingerprint density at radius 3 is 2.35 bits per heavy atom. The molecule has 0 saturated carbocycles. The Kier molecular flexibility index (Phi) is 3.44. The molecule has 4 heteroatoms. The van der Waals surface area contributed by atoms with Crippen LogP contribution in [0.5, 0.6) is 0 Å². The van der Waals surface area contributed by atoms with Crippen LogP contribution in [0.25, 0.3) is 0 Å². The fourth-order valence-corrected chi connectivity index (χ4v) is 3.01. The van der Waals surface area contributed by atoms with Gasteiger partial charge in [-0.1, -0.05) is 70.6 Å². The Bertz CT molecular complexity index is 697. The maximum Gasteiger partial charge on any atom is 0.182 e. The van der Waals surface area contributed by atoms with Gasteiger partial charge in [0.05, 0.1) is 5.71 Å². The van der Waals surface area contributed by atoms with Crippen molar-refractivity contribution in [1.82, 2.24) is 5.32 Å². The number of halogens is 1. The van der Waals surface area contributed by atoms with Crippen molar-refractivity contribution in [3.05, 3.63) is 70.2 Å². The summed E-state index contributed by atoms with van der Waals surface area (Å²) in [6.45, 7) is 1.94. The summed E-state index contributed by atoms with van der Waals surface area (Å²) < 4.78 is 1.03. The van der Waals surface area contributed by atoms with Crippen molar-refractivity contribution in [2.24, 2.45) is 4.99 Å². The molecule has 0 saturated heterocycles. The number of hydrogen-bond acceptors (Lipinski definition) is 2. The van der Waals surface area contributed by atoms with E-state index in [0.717, 1.165) is 21.3 Å². The Morgan fingerprint density at radius 2 is 1.75 bits per heavy atom. The van der Waals surface area contributed by atoms with Gasteiger partial charge in [-0.25, -0.2) is 4.99 Å². The highest BCUT2D eigenvalue weighted by atomic mass is 79.9. The van der Waals surface area contributed by atoms with Crippen molar-refractivity contribution >= 4 is 38.8 Å². The molecule has 100 valence electrons. The minimum absolute atomic E-state index is 0.619. The third-order valence-electron chi connectivity index (χ3n) is 3.39. The minimum Gasteiger partial charge on any atom is -0.343 e. The smallest absolute Gasteiger partial charge is 0.182 e. The van der Waals surface area contributed by atoms with E-state index in [1.54, 1.807) is 0 Å². The van der Waals surface area contributed by atoms with Crippen molar-refractivity contribution < 1.29 is 0 Å². The summed E-state index contributed by atoms with van der Waals surface area (Å²) in [5.41, 5.74) is 2.39. The van der Waals surface area contributed by atoms with Crippen molar-refractivity contribution in [3.63, 3.8) is 0 Å². The predicted molar refractivity (Wildman–Crippen MR) is 90.2 cm³/mol. The predicted octanol–water partition coefficient (Wildman–Crippen LogP) is 4.04. The molecular formula is C16H13BrN2S. The molecule has 1 N–H and O–H groups in total. The van der Waals surface area contributed by atoms with Crippen molar-refractivity contribution in [1.29, 1.82) is 0 Å². The summed E-state index contributed by atoms with van der Waals surface area (Å²) in [7, 11) is 0. The fraction of sp³-hybridized carbons (Fsp3) is 0.125. The average Bonchev–Trinajstić information content (AvgIpc) is 2.77. The van der Waals surface area contributed by atoms with Crippen LogP contribution in [-0.2, 0) is 5.66 Å². The maximum atomic E-state index is 5.37.